The lowest BCUT2D eigenvalue weighted by Crippen LogP contribution is -2.47. The zero-order valence-electron chi connectivity index (χ0n) is 13.5. The Balaban J connectivity index is 1.39. The molecule has 5 nitrogen and oxygen atoms in total. The van der Waals surface area contributed by atoms with Crippen molar-refractivity contribution < 1.29 is 9.53 Å². The number of likely N-dealkylation sites (tertiary alicyclic amines) is 1. The predicted octanol–water partition coefficient (Wildman–Crippen LogP) is 2.14. The van der Waals surface area contributed by atoms with E-state index >= 15 is 0 Å². The smallest absolute Gasteiger partial charge is 0.317 e. The average Bonchev–Trinajstić information content (AvgIpc) is 3.11. The summed E-state index contributed by atoms with van der Waals surface area (Å²) in [7, 11) is 0. The maximum atomic E-state index is 12.4. The quantitative estimate of drug-likeness (QED) is 0.920. The van der Waals surface area contributed by atoms with E-state index in [1.54, 1.807) is 0 Å². The lowest BCUT2D eigenvalue weighted by molar-refractivity contribution is 0.0715. The summed E-state index contributed by atoms with van der Waals surface area (Å²) in [6.07, 6.45) is 3.39. The lowest BCUT2D eigenvalue weighted by Gasteiger charge is -2.32. The number of amides is 2. The van der Waals surface area contributed by atoms with Crippen molar-refractivity contribution in [2.45, 2.75) is 31.8 Å². The van der Waals surface area contributed by atoms with Crippen molar-refractivity contribution >= 4 is 17.4 Å². The molecule has 2 aliphatic heterocycles. The minimum atomic E-state index is 0.106. The van der Waals surface area contributed by atoms with Crippen LogP contribution >= 0.6 is 11.3 Å². The molecule has 4 rings (SSSR count). The van der Waals surface area contributed by atoms with Crippen LogP contribution in [0.15, 0.2) is 17.5 Å². The van der Waals surface area contributed by atoms with E-state index in [4.69, 9.17) is 4.74 Å². The zero-order valence-corrected chi connectivity index (χ0v) is 14.3. The summed E-state index contributed by atoms with van der Waals surface area (Å²) in [5, 5.41) is 5.26. The van der Waals surface area contributed by atoms with Crippen LogP contribution < -0.4 is 5.32 Å². The number of thiophene rings is 1. The number of nitrogens with zero attached hydrogens (tertiary/aromatic N) is 2. The third-order valence-electron chi connectivity index (χ3n) is 5.11. The highest BCUT2D eigenvalue weighted by Crippen LogP contribution is 2.34. The Labute approximate surface area is 141 Å². The number of carbonyl (C=O) groups excluding carboxylic acids is 1. The first-order chi connectivity index (χ1) is 11.2. The second-order valence-corrected chi connectivity index (χ2v) is 8.27. The zero-order chi connectivity index (χ0) is 15.7. The number of ether oxygens (including phenoxy) is 1. The minimum Gasteiger partial charge on any atom is -0.379 e. The molecule has 126 valence electrons. The second kappa shape index (κ2) is 6.42. The fourth-order valence-electron chi connectivity index (χ4n) is 3.69. The number of rotatable bonds is 3. The molecule has 3 aliphatic rings. The molecular formula is C17H25N3O2S. The summed E-state index contributed by atoms with van der Waals surface area (Å²) < 4.78 is 5.87. The van der Waals surface area contributed by atoms with E-state index in [1.165, 1.54) is 4.88 Å². The van der Waals surface area contributed by atoms with Crippen LogP contribution in [0.25, 0.3) is 0 Å². The Morgan fingerprint density at radius 3 is 3.09 bits per heavy atom. The predicted molar refractivity (Wildman–Crippen MR) is 90.6 cm³/mol. The van der Waals surface area contributed by atoms with E-state index in [2.05, 4.69) is 27.7 Å². The first-order valence-electron chi connectivity index (χ1n) is 8.60. The Hall–Kier alpha value is -1.11. The molecule has 1 aromatic heterocycles. The average molecular weight is 335 g/mol. The number of carbonyl (C=O) groups is 1. The van der Waals surface area contributed by atoms with Crippen molar-refractivity contribution in [3.63, 3.8) is 0 Å². The molecule has 0 radical (unpaired) electrons. The van der Waals surface area contributed by atoms with Crippen molar-refractivity contribution in [3.8, 4) is 0 Å². The van der Waals surface area contributed by atoms with Gasteiger partial charge >= 0.3 is 6.03 Å². The topological polar surface area (TPSA) is 44.8 Å². The molecule has 0 bridgehead atoms. The van der Waals surface area contributed by atoms with Crippen LogP contribution in [0, 0.1) is 5.41 Å². The highest BCUT2D eigenvalue weighted by molar-refractivity contribution is 7.09. The highest BCUT2D eigenvalue weighted by Gasteiger charge is 2.42. The van der Waals surface area contributed by atoms with Crippen LogP contribution in [-0.2, 0) is 11.3 Å². The maximum Gasteiger partial charge on any atom is 0.317 e. The summed E-state index contributed by atoms with van der Waals surface area (Å²) in [5.74, 6) is 0. The van der Waals surface area contributed by atoms with Gasteiger partial charge in [0.2, 0.25) is 0 Å². The molecule has 1 spiro atoms. The Morgan fingerprint density at radius 2 is 2.30 bits per heavy atom. The highest BCUT2D eigenvalue weighted by atomic mass is 32.1. The summed E-state index contributed by atoms with van der Waals surface area (Å²) in [6, 6.07) is 4.84. The summed E-state index contributed by atoms with van der Waals surface area (Å²) in [4.78, 5) is 18.3. The van der Waals surface area contributed by atoms with Gasteiger partial charge in [-0.25, -0.2) is 4.79 Å². The normalized spacial score (nSPS) is 29.0. The van der Waals surface area contributed by atoms with Crippen molar-refractivity contribution in [3.05, 3.63) is 22.4 Å². The van der Waals surface area contributed by atoms with Crippen LogP contribution in [0.5, 0.6) is 0 Å². The molecule has 1 saturated carbocycles. The number of urea groups is 1. The van der Waals surface area contributed by atoms with E-state index in [1.807, 2.05) is 16.2 Å². The lowest BCUT2D eigenvalue weighted by atomic mass is 9.87. The van der Waals surface area contributed by atoms with E-state index in [0.717, 1.165) is 52.0 Å². The Bertz CT molecular complexity index is 546. The Kier molecular flexibility index (Phi) is 4.30. The van der Waals surface area contributed by atoms with Gasteiger partial charge in [-0.3, -0.25) is 4.90 Å². The van der Waals surface area contributed by atoms with Crippen molar-refractivity contribution in [2.24, 2.45) is 5.41 Å². The van der Waals surface area contributed by atoms with Crippen molar-refractivity contribution in [2.75, 3.05) is 39.4 Å². The largest absolute Gasteiger partial charge is 0.379 e. The van der Waals surface area contributed by atoms with Gasteiger partial charge in [-0.1, -0.05) is 6.07 Å². The van der Waals surface area contributed by atoms with E-state index in [9.17, 15) is 4.79 Å². The molecule has 6 heteroatoms. The van der Waals surface area contributed by atoms with Gasteiger partial charge in [-0.2, -0.15) is 0 Å². The fraction of sp³-hybridized carbons (Fsp3) is 0.706. The summed E-state index contributed by atoms with van der Waals surface area (Å²) in [5.41, 5.74) is 0.106. The molecule has 0 aromatic carbocycles. The van der Waals surface area contributed by atoms with Gasteiger partial charge in [-0.05, 0) is 37.3 Å². The van der Waals surface area contributed by atoms with Gasteiger partial charge in [0, 0.05) is 42.5 Å². The number of nitrogens with one attached hydrogen (secondary N) is 1. The van der Waals surface area contributed by atoms with Crippen LogP contribution in [0.3, 0.4) is 0 Å². The molecule has 1 aromatic rings. The molecule has 3 heterocycles. The third kappa shape index (κ3) is 3.70. The first kappa shape index (κ1) is 15.4. The van der Waals surface area contributed by atoms with E-state index < -0.39 is 0 Å². The maximum absolute atomic E-state index is 12.4. The van der Waals surface area contributed by atoms with Crippen molar-refractivity contribution in [1.82, 2.24) is 15.1 Å². The molecule has 1 atom stereocenters. The number of hydrogen-bond acceptors (Lipinski definition) is 4. The molecule has 2 amide bonds. The molecular weight excluding hydrogens is 310 g/mol. The fourth-order valence-corrected chi connectivity index (χ4v) is 4.44. The minimum absolute atomic E-state index is 0.106. The standard InChI is InChI=1S/C17H25N3O2S/c21-16(18-14-3-4-14)20-7-8-22-13-17(12-20)5-6-19(11-17)10-15-2-1-9-23-15/h1-2,9,14H,3-8,10-13H2,(H,18,21)/t17-/m1/s1. The summed E-state index contributed by atoms with van der Waals surface area (Å²) in [6.45, 7) is 6.12. The summed E-state index contributed by atoms with van der Waals surface area (Å²) >= 11 is 1.82. The number of hydrogen-bond donors (Lipinski definition) is 1. The molecule has 1 aliphatic carbocycles. The monoisotopic (exact) mass is 335 g/mol. The van der Waals surface area contributed by atoms with Crippen LogP contribution in [0.2, 0.25) is 0 Å². The van der Waals surface area contributed by atoms with Gasteiger partial charge in [-0.15, -0.1) is 11.3 Å². The molecule has 23 heavy (non-hydrogen) atoms. The molecule has 0 unspecified atom stereocenters. The van der Waals surface area contributed by atoms with E-state index in [-0.39, 0.29) is 11.4 Å². The van der Waals surface area contributed by atoms with Gasteiger partial charge < -0.3 is 15.0 Å². The first-order valence-corrected chi connectivity index (χ1v) is 9.48. The van der Waals surface area contributed by atoms with Gasteiger partial charge in [0.05, 0.1) is 13.2 Å². The molecule has 1 N–H and O–H groups in total. The molecule has 3 fully saturated rings. The Morgan fingerprint density at radius 1 is 1.39 bits per heavy atom. The third-order valence-corrected chi connectivity index (χ3v) is 5.97. The molecule has 2 saturated heterocycles. The second-order valence-electron chi connectivity index (χ2n) is 7.24. The van der Waals surface area contributed by atoms with Crippen LogP contribution in [0.1, 0.15) is 24.1 Å². The van der Waals surface area contributed by atoms with Crippen LogP contribution in [-0.4, -0.2) is 61.3 Å². The SMILES string of the molecule is O=C(NC1CC1)N1CCOC[C@@]2(CCN(Cc3cccs3)C2)C1. The van der Waals surface area contributed by atoms with Gasteiger partial charge in [0.1, 0.15) is 0 Å². The van der Waals surface area contributed by atoms with Crippen LogP contribution in [0.4, 0.5) is 4.79 Å². The van der Waals surface area contributed by atoms with Gasteiger partial charge in [0.15, 0.2) is 0 Å². The van der Waals surface area contributed by atoms with E-state index in [0.29, 0.717) is 19.2 Å². The van der Waals surface area contributed by atoms with Gasteiger partial charge in [0.25, 0.3) is 0 Å². The van der Waals surface area contributed by atoms with Crippen molar-refractivity contribution in [1.29, 1.82) is 0 Å².